The van der Waals surface area contributed by atoms with Crippen molar-refractivity contribution in [2.24, 2.45) is 0 Å². The van der Waals surface area contributed by atoms with Gasteiger partial charge in [-0.25, -0.2) is 13.4 Å². The highest BCUT2D eigenvalue weighted by Crippen LogP contribution is 2.23. The molecule has 31 heavy (non-hydrogen) atoms. The number of carbonyl (C=O) groups is 2. The highest BCUT2D eigenvalue weighted by atomic mass is 32.2. The third-order valence-corrected chi connectivity index (χ3v) is 4.13. The zero-order valence-electron chi connectivity index (χ0n) is 16.4. The molecule has 3 N–H and O–H groups in total. The largest absolute Gasteiger partial charge is 0.468 e. The first kappa shape index (κ1) is 23.9. The van der Waals surface area contributed by atoms with Gasteiger partial charge in [0.25, 0.3) is 5.91 Å². The van der Waals surface area contributed by atoms with Gasteiger partial charge < -0.3 is 15.4 Å². The van der Waals surface area contributed by atoms with Gasteiger partial charge in [0.2, 0.25) is 21.8 Å². The van der Waals surface area contributed by atoms with Crippen molar-refractivity contribution < 1.29 is 35.9 Å². The summed E-state index contributed by atoms with van der Waals surface area (Å²) in [6.45, 7) is -0.540. The van der Waals surface area contributed by atoms with Crippen molar-refractivity contribution >= 4 is 33.2 Å². The first-order chi connectivity index (χ1) is 14.3. The number of rotatable bonds is 8. The number of anilines is 2. The molecule has 0 fully saturated rings. The Kier molecular flexibility index (Phi) is 7.44. The van der Waals surface area contributed by atoms with E-state index in [-0.39, 0.29) is 34.9 Å². The third kappa shape index (κ3) is 8.12. The normalized spacial score (nSPS) is 11.5. The number of pyridine rings is 1. The summed E-state index contributed by atoms with van der Waals surface area (Å²) in [6, 6.07) is 6.83. The van der Waals surface area contributed by atoms with Crippen molar-refractivity contribution in [2.45, 2.75) is 19.6 Å². The summed E-state index contributed by atoms with van der Waals surface area (Å²) in [6.07, 6.45) is -2.42. The lowest BCUT2D eigenvalue weighted by Gasteiger charge is -2.15. The van der Waals surface area contributed by atoms with Gasteiger partial charge in [-0.1, -0.05) is 6.07 Å². The molecule has 168 valence electrons. The monoisotopic (exact) mass is 460 g/mol. The molecule has 0 unspecified atom stereocenters. The lowest BCUT2D eigenvalue weighted by molar-refractivity contribution is -0.154. The maximum absolute atomic E-state index is 12.7. The number of hydrogen-bond acceptors (Lipinski definition) is 6. The van der Waals surface area contributed by atoms with Crippen molar-refractivity contribution in [2.75, 3.05) is 22.9 Å². The maximum atomic E-state index is 12.7. The molecule has 0 saturated carbocycles. The van der Waals surface area contributed by atoms with E-state index in [0.29, 0.717) is 0 Å². The zero-order chi connectivity index (χ0) is 23.2. The molecule has 0 aliphatic carbocycles. The van der Waals surface area contributed by atoms with Crippen LogP contribution in [0.15, 0.2) is 36.5 Å². The van der Waals surface area contributed by atoms with E-state index < -0.39 is 34.6 Å². The van der Waals surface area contributed by atoms with Gasteiger partial charge in [-0.15, -0.1) is 0 Å². The van der Waals surface area contributed by atoms with Crippen LogP contribution in [0, 0.1) is 0 Å². The molecule has 0 saturated heterocycles. The number of nitrogens with zero attached hydrogens (tertiary/aromatic N) is 1. The van der Waals surface area contributed by atoms with Crippen LogP contribution in [-0.4, -0.2) is 44.3 Å². The third-order valence-electron chi connectivity index (χ3n) is 3.54. The first-order valence-electron chi connectivity index (χ1n) is 8.65. The summed E-state index contributed by atoms with van der Waals surface area (Å²) < 4.78 is 67.3. The zero-order valence-corrected chi connectivity index (χ0v) is 17.2. The highest BCUT2D eigenvalue weighted by molar-refractivity contribution is 7.92. The minimum atomic E-state index is -4.56. The molecule has 0 bridgehead atoms. The van der Waals surface area contributed by atoms with Crippen molar-refractivity contribution in [1.29, 1.82) is 0 Å². The van der Waals surface area contributed by atoms with Gasteiger partial charge in [-0.05, 0) is 24.3 Å². The van der Waals surface area contributed by atoms with E-state index in [2.05, 4.69) is 25.1 Å². The number of halogens is 3. The van der Waals surface area contributed by atoms with Crippen LogP contribution >= 0.6 is 0 Å². The summed E-state index contributed by atoms with van der Waals surface area (Å²) in [5, 5.41) is 4.94. The average Bonchev–Trinajstić information content (AvgIpc) is 2.64. The minimum absolute atomic E-state index is 0.0474. The van der Waals surface area contributed by atoms with E-state index >= 15 is 0 Å². The van der Waals surface area contributed by atoms with Gasteiger partial charge >= 0.3 is 6.18 Å². The van der Waals surface area contributed by atoms with E-state index in [1.54, 1.807) is 0 Å². The summed E-state index contributed by atoms with van der Waals surface area (Å²) in [5.74, 6) is -1.46. The molecule has 0 aliphatic heterocycles. The molecule has 2 amide bonds. The second-order valence-corrected chi connectivity index (χ2v) is 8.12. The fraction of sp³-hybridized carbons (Fsp3) is 0.278. The molecule has 0 spiro atoms. The number of carbonyl (C=O) groups excluding carboxylic acids is 2. The molecule has 1 aromatic carbocycles. The van der Waals surface area contributed by atoms with Crippen LogP contribution in [0.5, 0.6) is 5.88 Å². The predicted molar refractivity (Wildman–Crippen MR) is 106 cm³/mol. The number of amides is 2. The first-order valence-corrected chi connectivity index (χ1v) is 10.5. The van der Waals surface area contributed by atoms with Crippen LogP contribution in [0.4, 0.5) is 24.5 Å². The molecule has 1 heterocycles. The van der Waals surface area contributed by atoms with Crippen LogP contribution in [0.25, 0.3) is 0 Å². The van der Waals surface area contributed by atoms with Crippen molar-refractivity contribution in [1.82, 2.24) is 10.3 Å². The van der Waals surface area contributed by atoms with Crippen LogP contribution in [0.2, 0.25) is 0 Å². The van der Waals surface area contributed by atoms with Crippen molar-refractivity contribution in [3.63, 3.8) is 0 Å². The minimum Gasteiger partial charge on any atom is -0.468 e. The molecular weight excluding hydrogens is 441 g/mol. The topological polar surface area (TPSA) is 126 Å². The van der Waals surface area contributed by atoms with Crippen molar-refractivity contribution in [3.05, 3.63) is 47.7 Å². The van der Waals surface area contributed by atoms with E-state index in [1.165, 1.54) is 43.5 Å². The summed E-state index contributed by atoms with van der Waals surface area (Å²) >= 11 is 0. The van der Waals surface area contributed by atoms with E-state index in [1.807, 2.05) is 0 Å². The molecule has 2 rings (SSSR count). The Balaban J connectivity index is 2.24. The molecule has 1 aromatic heterocycles. The molecule has 0 aliphatic rings. The number of sulfonamides is 1. The summed E-state index contributed by atoms with van der Waals surface area (Å²) in [5.41, 5.74) is 0.259. The van der Waals surface area contributed by atoms with Crippen molar-refractivity contribution in [3.8, 4) is 5.88 Å². The van der Waals surface area contributed by atoms with Crippen LogP contribution in [0.3, 0.4) is 0 Å². The Hall–Kier alpha value is -3.35. The number of benzene rings is 1. The number of nitrogens with one attached hydrogen (secondary N) is 3. The number of hydrogen-bond donors (Lipinski definition) is 3. The second-order valence-electron chi connectivity index (χ2n) is 6.37. The van der Waals surface area contributed by atoms with Gasteiger partial charge in [0.1, 0.15) is 0 Å². The van der Waals surface area contributed by atoms with Gasteiger partial charge in [0.05, 0.1) is 17.5 Å². The van der Waals surface area contributed by atoms with Gasteiger partial charge in [0.15, 0.2) is 6.61 Å². The molecule has 2 aromatic rings. The lowest BCUT2D eigenvalue weighted by Crippen LogP contribution is -2.26. The number of ether oxygens (including phenoxy) is 1. The number of aromatic nitrogens is 1. The molecule has 9 nitrogen and oxygen atoms in total. The van der Waals surface area contributed by atoms with Crippen LogP contribution in [0.1, 0.15) is 22.8 Å². The van der Waals surface area contributed by atoms with Crippen LogP contribution in [-0.2, 0) is 21.4 Å². The van der Waals surface area contributed by atoms with E-state index in [4.69, 9.17) is 0 Å². The molecule has 13 heteroatoms. The SMILES string of the molecule is CC(=O)Nc1ccc(NS(C)(=O)=O)c(C(=O)NCc2cccnc2OCC(F)(F)F)c1. The Morgan fingerprint density at radius 1 is 1.19 bits per heavy atom. The summed E-state index contributed by atoms with van der Waals surface area (Å²) in [7, 11) is -3.72. The Labute approximate surface area is 176 Å². The molecule has 0 radical (unpaired) electrons. The molecule has 0 atom stereocenters. The van der Waals surface area contributed by atoms with Crippen LogP contribution < -0.4 is 20.1 Å². The van der Waals surface area contributed by atoms with Gasteiger partial charge in [-0.3, -0.25) is 14.3 Å². The fourth-order valence-corrected chi connectivity index (χ4v) is 2.99. The number of alkyl halides is 3. The van der Waals surface area contributed by atoms with Gasteiger partial charge in [0, 0.05) is 30.9 Å². The fourth-order valence-electron chi connectivity index (χ4n) is 2.41. The second kappa shape index (κ2) is 9.64. The summed E-state index contributed by atoms with van der Waals surface area (Å²) in [4.78, 5) is 27.7. The Morgan fingerprint density at radius 2 is 1.90 bits per heavy atom. The van der Waals surface area contributed by atoms with E-state index in [9.17, 15) is 31.2 Å². The highest BCUT2D eigenvalue weighted by Gasteiger charge is 2.29. The predicted octanol–water partition coefficient (Wildman–Crippen LogP) is 2.28. The Morgan fingerprint density at radius 3 is 2.52 bits per heavy atom. The van der Waals surface area contributed by atoms with Gasteiger partial charge in [-0.2, -0.15) is 13.2 Å². The molecular formula is C18H19F3N4O5S. The standard InChI is InChI=1S/C18H19F3N4O5S/c1-11(26)24-13-5-6-15(25-31(2,28)29)14(8-13)16(27)23-9-12-4-3-7-22-17(12)30-10-18(19,20)21/h3-8,25H,9-10H2,1-2H3,(H,23,27)(H,24,26). The Bertz CT molecular complexity index is 1070. The smallest absolute Gasteiger partial charge is 0.422 e. The average molecular weight is 460 g/mol. The lowest BCUT2D eigenvalue weighted by atomic mass is 10.1. The quantitative estimate of drug-likeness (QED) is 0.555. The maximum Gasteiger partial charge on any atom is 0.422 e. The van der Waals surface area contributed by atoms with E-state index in [0.717, 1.165) is 6.26 Å².